The van der Waals surface area contributed by atoms with Gasteiger partial charge in [0.05, 0.1) is 0 Å². The standard InChI is InChI=1S/C22H48N2/c1-8-23(6)16-12-10-9-11-15-21(4)18-22(5)19-24(7)17-13-14-20(2)3/h20-22H,8-19H2,1-7H3. The lowest BCUT2D eigenvalue weighted by molar-refractivity contribution is 0.249. The van der Waals surface area contributed by atoms with Gasteiger partial charge in [-0.05, 0) is 77.2 Å². The highest BCUT2D eigenvalue weighted by molar-refractivity contribution is 4.64. The molecule has 0 heterocycles. The van der Waals surface area contributed by atoms with E-state index in [1.807, 2.05) is 0 Å². The highest BCUT2D eigenvalue weighted by atomic mass is 15.1. The van der Waals surface area contributed by atoms with Crippen molar-refractivity contribution in [3.05, 3.63) is 0 Å². The van der Waals surface area contributed by atoms with E-state index in [9.17, 15) is 0 Å². The Hall–Kier alpha value is -0.0800. The van der Waals surface area contributed by atoms with Gasteiger partial charge in [0.2, 0.25) is 0 Å². The third-order valence-electron chi connectivity index (χ3n) is 5.28. The van der Waals surface area contributed by atoms with Crippen molar-refractivity contribution in [1.29, 1.82) is 0 Å². The molecule has 146 valence electrons. The van der Waals surface area contributed by atoms with Gasteiger partial charge in [-0.15, -0.1) is 0 Å². The summed E-state index contributed by atoms with van der Waals surface area (Å²) in [6.45, 7) is 16.8. The minimum atomic E-state index is 0.835. The van der Waals surface area contributed by atoms with Crippen molar-refractivity contribution < 1.29 is 0 Å². The zero-order valence-electron chi connectivity index (χ0n) is 18.1. The van der Waals surface area contributed by atoms with Crippen molar-refractivity contribution in [2.75, 3.05) is 40.3 Å². The van der Waals surface area contributed by atoms with Crippen LogP contribution in [0.5, 0.6) is 0 Å². The highest BCUT2D eigenvalue weighted by Crippen LogP contribution is 2.19. The molecule has 0 fully saturated rings. The van der Waals surface area contributed by atoms with Gasteiger partial charge >= 0.3 is 0 Å². The molecule has 0 bridgehead atoms. The van der Waals surface area contributed by atoms with Crippen LogP contribution in [-0.2, 0) is 0 Å². The molecule has 0 aromatic rings. The summed E-state index contributed by atoms with van der Waals surface area (Å²) in [5.74, 6) is 2.57. The summed E-state index contributed by atoms with van der Waals surface area (Å²) in [4.78, 5) is 4.96. The monoisotopic (exact) mass is 340 g/mol. The van der Waals surface area contributed by atoms with Crippen LogP contribution >= 0.6 is 0 Å². The second-order valence-corrected chi connectivity index (χ2v) is 8.84. The zero-order valence-corrected chi connectivity index (χ0v) is 18.1. The van der Waals surface area contributed by atoms with E-state index in [0.717, 1.165) is 17.8 Å². The Morgan fingerprint density at radius 1 is 0.667 bits per heavy atom. The van der Waals surface area contributed by atoms with Gasteiger partial charge in [0.15, 0.2) is 0 Å². The van der Waals surface area contributed by atoms with Gasteiger partial charge in [0.25, 0.3) is 0 Å². The summed E-state index contributed by atoms with van der Waals surface area (Å²) >= 11 is 0. The quantitative estimate of drug-likeness (QED) is 0.322. The first kappa shape index (κ1) is 23.9. The van der Waals surface area contributed by atoms with Gasteiger partial charge in [-0.2, -0.15) is 0 Å². The average Bonchev–Trinajstić information content (AvgIpc) is 2.49. The number of hydrogen-bond donors (Lipinski definition) is 0. The fourth-order valence-corrected chi connectivity index (χ4v) is 3.66. The smallest absolute Gasteiger partial charge is 0.000407 e. The molecule has 2 nitrogen and oxygen atoms in total. The topological polar surface area (TPSA) is 6.48 Å². The first-order valence-corrected chi connectivity index (χ1v) is 10.7. The molecule has 0 aromatic carbocycles. The fraction of sp³-hybridized carbons (Fsp3) is 1.00. The van der Waals surface area contributed by atoms with E-state index in [4.69, 9.17) is 0 Å². The first-order chi connectivity index (χ1) is 11.3. The largest absolute Gasteiger partial charge is 0.307 e. The fourth-order valence-electron chi connectivity index (χ4n) is 3.66. The molecule has 0 aliphatic heterocycles. The zero-order chi connectivity index (χ0) is 18.4. The first-order valence-electron chi connectivity index (χ1n) is 10.7. The van der Waals surface area contributed by atoms with Crippen LogP contribution in [0.3, 0.4) is 0 Å². The van der Waals surface area contributed by atoms with Crippen LogP contribution < -0.4 is 0 Å². The molecule has 0 aliphatic rings. The normalized spacial score (nSPS) is 14.8. The third-order valence-corrected chi connectivity index (χ3v) is 5.28. The number of hydrogen-bond acceptors (Lipinski definition) is 2. The Bertz CT molecular complexity index is 265. The highest BCUT2D eigenvalue weighted by Gasteiger charge is 2.11. The summed E-state index contributed by atoms with van der Waals surface area (Å²) in [5, 5.41) is 0. The van der Waals surface area contributed by atoms with Crippen molar-refractivity contribution in [3.8, 4) is 0 Å². The molecular weight excluding hydrogens is 292 g/mol. The van der Waals surface area contributed by atoms with Crippen LogP contribution in [0.4, 0.5) is 0 Å². The predicted molar refractivity (Wildman–Crippen MR) is 111 cm³/mol. The van der Waals surface area contributed by atoms with Gasteiger partial charge in [-0.3, -0.25) is 0 Å². The van der Waals surface area contributed by atoms with E-state index in [1.165, 1.54) is 77.5 Å². The maximum atomic E-state index is 2.55. The van der Waals surface area contributed by atoms with Gasteiger partial charge in [0.1, 0.15) is 0 Å². The Morgan fingerprint density at radius 3 is 1.92 bits per heavy atom. The van der Waals surface area contributed by atoms with Gasteiger partial charge < -0.3 is 9.80 Å². The van der Waals surface area contributed by atoms with Crippen LogP contribution in [-0.4, -0.2) is 50.1 Å². The van der Waals surface area contributed by atoms with E-state index >= 15 is 0 Å². The van der Waals surface area contributed by atoms with Crippen LogP contribution in [0, 0.1) is 17.8 Å². The maximum Gasteiger partial charge on any atom is 0.000407 e. The summed E-state index contributed by atoms with van der Waals surface area (Å²) in [7, 11) is 4.53. The van der Waals surface area contributed by atoms with E-state index < -0.39 is 0 Å². The molecule has 24 heavy (non-hydrogen) atoms. The lowest BCUT2D eigenvalue weighted by Crippen LogP contribution is -2.26. The molecule has 0 saturated carbocycles. The van der Waals surface area contributed by atoms with Crippen LogP contribution in [0.2, 0.25) is 0 Å². The van der Waals surface area contributed by atoms with Crippen LogP contribution in [0.25, 0.3) is 0 Å². The molecule has 0 amide bonds. The SMILES string of the molecule is CCN(C)CCCCCCC(C)CC(C)CN(C)CCCC(C)C. The third kappa shape index (κ3) is 15.4. The Kier molecular flexibility index (Phi) is 15.1. The van der Waals surface area contributed by atoms with Crippen LogP contribution in [0.1, 0.15) is 86.0 Å². The molecule has 0 rings (SSSR count). The molecule has 0 aliphatic carbocycles. The second-order valence-electron chi connectivity index (χ2n) is 8.84. The Balaban J connectivity index is 3.59. The molecule has 2 heteroatoms. The van der Waals surface area contributed by atoms with Crippen molar-refractivity contribution in [2.24, 2.45) is 17.8 Å². The minimum absolute atomic E-state index is 0.835. The Morgan fingerprint density at radius 2 is 1.29 bits per heavy atom. The van der Waals surface area contributed by atoms with Crippen molar-refractivity contribution in [2.45, 2.75) is 86.0 Å². The average molecular weight is 341 g/mol. The lowest BCUT2D eigenvalue weighted by Gasteiger charge is -2.24. The minimum Gasteiger partial charge on any atom is -0.307 e. The lowest BCUT2D eigenvalue weighted by atomic mass is 9.92. The van der Waals surface area contributed by atoms with Crippen molar-refractivity contribution in [1.82, 2.24) is 9.80 Å². The molecule has 0 N–H and O–H groups in total. The van der Waals surface area contributed by atoms with Crippen LogP contribution in [0.15, 0.2) is 0 Å². The van der Waals surface area contributed by atoms with Gasteiger partial charge in [-0.1, -0.05) is 60.3 Å². The van der Waals surface area contributed by atoms with E-state index in [0.29, 0.717) is 0 Å². The molecule has 2 unspecified atom stereocenters. The summed E-state index contributed by atoms with van der Waals surface area (Å²) in [6, 6.07) is 0. The number of unbranched alkanes of at least 4 members (excludes halogenated alkanes) is 3. The maximum absolute atomic E-state index is 2.55. The predicted octanol–water partition coefficient (Wildman–Crippen LogP) is 5.92. The summed E-state index contributed by atoms with van der Waals surface area (Å²) in [5.41, 5.74) is 0. The second kappa shape index (κ2) is 15.2. The molecule has 0 radical (unpaired) electrons. The molecule has 0 saturated heterocycles. The van der Waals surface area contributed by atoms with Gasteiger partial charge in [0, 0.05) is 6.54 Å². The molecule has 0 aromatic heterocycles. The van der Waals surface area contributed by atoms with Gasteiger partial charge in [-0.25, -0.2) is 0 Å². The van der Waals surface area contributed by atoms with Crippen molar-refractivity contribution >= 4 is 0 Å². The number of nitrogens with zero attached hydrogens (tertiary/aromatic N) is 2. The Labute approximate surface area is 154 Å². The molecule has 0 spiro atoms. The molecular formula is C22H48N2. The summed E-state index contributed by atoms with van der Waals surface area (Å²) < 4.78 is 0. The van der Waals surface area contributed by atoms with Crippen molar-refractivity contribution in [3.63, 3.8) is 0 Å². The molecule has 2 atom stereocenters. The van der Waals surface area contributed by atoms with E-state index in [-0.39, 0.29) is 0 Å². The van der Waals surface area contributed by atoms with E-state index in [1.54, 1.807) is 0 Å². The van der Waals surface area contributed by atoms with E-state index in [2.05, 4.69) is 58.5 Å². The summed E-state index contributed by atoms with van der Waals surface area (Å²) in [6.07, 6.45) is 11.2. The number of rotatable bonds is 16.